The molecule has 0 bridgehead atoms. The van der Waals surface area contributed by atoms with E-state index >= 15 is 0 Å². The lowest BCUT2D eigenvalue weighted by molar-refractivity contribution is 0.0593. The Labute approximate surface area is 138 Å². The minimum absolute atomic E-state index is 0.563. The van der Waals surface area contributed by atoms with Crippen molar-refractivity contribution in [2.45, 2.75) is 6.92 Å². The lowest BCUT2D eigenvalue weighted by Gasteiger charge is -2.42. The minimum atomic E-state index is -0.563. The summed E-state index contributed by atoms with van der Waals surface area (Å²) in [6.07, 6.45) is 0. The van der Waals surface area contributed by atoms with Gasteiger partial charge >= 0.3 is 0 Å². The zero-order chi connectivity index (χ0) is 15.6. The van der Waals surface area contributed by atoms with Crippen LogP contribution in [0.5, 0.6) is 0 Å². The third-order valence-corrected chi connectivity index (χ3v) is 7.28. The molecule has 5 nitrogen and oxygen atoms in total. The van der Waals surface area contributed by atoms with Crippen LogP contribution < -0.4 is 5.30 Å². The number of para-hydroxylation sites is 1. The van der Waals surface area contributed by atoms with Gasteiger partial charge in [0.05, 0.1) is 40.0 Å². The van der Waals surface area contributed by atoms with Gasteiger partial charge in [-0.2, -0.15) is 0 Å². The van der Waals surface area contributed by atoms with Crippen LogP contribution in [0.2, 0.25) is 0 Å². The summed E-state index contributed by atoms with van der Waals surface area (Å²) in [7, 11) is -0.563. The van der Waals surface area contributed by atoms with Gasteiger partial charge in [-0.05, 0) is 13.0 Å². The predicted molar refractivity (Wildman–Crippen MR) is 92.3 cm³/mol. The van der Waals surface area contributed by atoms with Crippen LogP contribution in [-0.2, 0) is 9.47 Å². The summed E-state index contributed by atoms with van der Waals surface area (Å²) in [5, 5.41) is 2.63. The standard InChI is InChI=1S/C17H23N2O3P/c1-14-17(15-4-2-3-5-16(15)22-14)23(18-6-10-20-11-7-18)19-8-12-21-13-9-19/h2-5H,6-13H2,1H3. The summed E-state index contributed by atoms with van der Waals surface area (Å²) >= 11 is 0. The number of hydrogen-bond donors (Lipinski definition) is 0. The molecule has 0 radical (unpaired) electrons. The molecule has 0 aliphatic carbocycles. The van der Waals surface area contributed by atoms with E-state index in [0.29, 0.717) is 0 Å². The fourth-order valence-electron chi connectivity index (χ4n) is 3.35. The van der Waals surface area contributed by atoms with Crippen LogP contribution in [0, 0.1) is 6.92 Å². The number of morpholine rings is 2. The first-order valence-corrected chi connectivity index (χ1v) is 9.53. The molecule has 0 spiro atoms. The molecule has 0 N–H and O–H groups in total. The maximum absolute atomic E-state index is 6.06. The lowest BCUT2D eigenvalue weighted by Crippen LogP contribution is -2.44. The number of fused-ring (bicyclic) bond motifs is 1. The SMILES string of the molecule is Cc1oc2ccccc2c1P(N1CCOCC1)N1CCOCC1. The third kappa shape index (κ3) is 3.04. The van der Waals surface area contributed by atoms with Crippen molar-refractivity contribution in [2.75, 3.05) is 52.6 Å². The van der Waals surface area contributed by atoms with E-state index in [2.05, 4.69) is 34.5 Å². The fraction of sp³-hybridized carbons (Fsp3) is 0.529. The smallest absolute Gasteiger partial charge is 0.135 e. The molecule has 2 fully saturated rings. The Morgan fingerprint density at radius 2 is 1.43 bits per heavy atom. The van der Waals surface area contributed by atoms with E-state index in [-0.39, 0.29) is 0 Å². The van der Waals surface area contributed by atoms with Gasteiger partial charge in [-0.15, -0.1) is 0 Å². The van der Waals surface area contributed by atoms with Crippen LogP contribution in [-0.4, -0.2) is 61.9 Å². The van der Waals surface area contributed by atoms with E-state index < -0.39 is 8.22 Å². The Bertz CT molecular complexity index is 645. The van der Waals surface area contributed by atoms with Gasteiger partial charge in [0.2, 0.25) is 0 Å². The summed E-state index contributed by atoms with van der Waals surface area (Å²) in [6, 6.07) is 8.41. The van der Waals surface area contributed by atoms with E-state index in [9.17, 15) is 0 Å². The first-order valence-electron chi connectivity index (χ1n) is 8.28. The lowest BCUT2D eigenvalue weighted by atomic mass is 10.2. The Hall–Kier alpha value is -0.970. The Kier molecular flexibility index (Phi) is 4.65. The van der Waals surface area contributed by atoms with Crippen molar-refractivity contribution in [2.24, 2.45) is 0 Å². The molecule has 1 aromatic heterocycles. The van der Waals surface area contributed by atoms with Crippen molar-refractivity contribution < 1.29 is 13.9 Å². The maximum Gasteiger partial charge on any atom is 0.135 e. The Morgan fingerprint density at radius 1 is 0.870 bits per heavy atom. The van der Waals surface area contributed by atoms with Crippen molar-refractivity contribution >= 4 is 24.5 Å². The van der Waals surface area contributed by atoms with Crippen LogP contribution >= 0.6 is 8.22 Å². The fourth-order valence-corrected chi connectivity index (χ4v) is 6.09. The molecule has 0 saturated carbocycles. The zero-order valence-electron chi connectivity index (χ0n) is 13.5. The van der Waals surface area contributed by atoms with Crippen molar-refractivity contribution in [1.82, 2.24) is 9.34 Å². The van der Waals surface area contributed by atoms with Gasteiger partial charge < -0.3 is 13.9 Å². The van der Waals surface area contributed by atoms with Crippen LogP contribution in [0.1, 0.15) is 5.76 Å². The molecule has 1 aromatic carbocycles. The second-order valence-corrected chi connectivity index (χ2v) is 8.08. The number of nitrogens with zero attached hydrogens (tertiary/aromatic N) is 2. The first kappa shape index (κ1) is 15.6. The van der Waals surface area contributed by atoms with E-state index in [1.165, 1.54) is 10.7 Å². The highest BCUT2D eigenvalue weighted by Gasteiger charge is 2.33. The number of benzene rings is 1. The molecule has 2 saturated heterocycles. The number of hydrogen-bond acceptors (Lipinski definition) is 5. The number of rotatable bonds is 3. The number of furan rings is 1. The summed E-state index contributed by atoms with van der Waals surface area (Å²) in [5.41, 5.74) is 0.994. The molecule has 0 unspecified atom stereocenters. The van der Waals surface area contributed by atoms with E-state index in [0.717, 1.165) is 63.9 Å². The Morgan fingerprint density at radius 3 is 2.04 bits per heavy atom. The molecule has 6 heteroatoms. The van der Waals surface area contributed by atoms with Crippen molar-refractivity contribution in [3.05, 3.63) is 30.0 Å². The normalized spacial score (nSPS) is 21.3. The molecule has 2 aliphatic rings. The highest BCUT2D eigenvalue weighted by atomic mass is 31.1. The maximum atomic E-state index is 6.06. The van der Waals surface area contributed by atoms with Crippen LogP contribution in [0.3, 0.4) is 0 Å². The average molecular weight is 334 g/mol. The largest absolute Gasteiger partial charge is 0.461 e. The molecule has 23 heavy (non-hydrogen) atoms. The Balaban J connectivity index is 1.77. The van der Waals surface area contributed by atoms with Crippen LogP contribution in [0.25, 0.3) is 11.0 Å². The van der Waals surface area contributed by atoms with E-state index in [4.69, 9.17) is 13.9 Å². The van der Waals surface area contributed by atoms with Gasteiger partial charge in [0.25, 0.3) is 0 Å². The van der Waals surface area contributed by atoms with Gasteiger partial charge in [0.1, 0.15) is 11.3 Å². The second kappa shape index (κ2) is 6.88. The van der Waals surface area contributed by atoms with Gasteiger partial charge in [0, 0.05) is 31.6 Å². The van der Waals surface area contributed by atoms with E-state index in [1.807, 2.05) is 6.07 Å². The molecule has 2 aliphatic heterocycles. The van der Waals surface area contributed by atoms with Gasteiger partial charge in [0.15, 0.2) is 0 Å². The van der Waals surface area contributed by atoms with Crippen LogP contribution in [0.4, 0.5) is 0 Å². The highest BCUT2D eigenvalue weighted by molar-refractivity contribution is 7.61. The van der Waals surface area contributed by atoms with Crippen molar-refractivity contribution in [3.63, 3.8) is 0 Å². The molecule has 0 atom stereocenters. The summed E-state index contributed by atoms with van der Waals surface area (Å²) in [6.45, 7) is 9.33. The van der Waals surface area contributed by atoms with Gasteiger partial charge in [-0.3, -0.25) is 9.34 Å². The number of aryl methyl sites for hydroxylation is 1. The molecule has 4 rings (SSSR count). The second-order valence-electron chi connectivity index (χ2n) is 5.92. The first-order chi connectivity index (χ1) is 11.3. The summed E-state index contributed by atoms with van der Waals surface area (Å²) in [4.78, 5) is 0. The molecule has 2 aromatic rings. The molecule has 3 heterocycles. The van der Waals surface area contributed by atoms with Gasteiger partial charge in [-0.1, -0.05) is 18.2 Å². The third-order valence-electron chi connectivity index (χ3n) is 4.45. The quantitative estimate of drug-likeness (QED) is 0.806. The molecule has 124 valence electrons. The monoisotopic (exact) mass is 334 g/mol. The topological polar surface area (TPSA) is 38.1 Å². The molecular weight excluding hydrogens is 311 g/mol. The van der Waals surface area contributed by atoms with Crippen molar-refractivity contribution in [3.8, 4) is 0 Å². The summed E-state index contributed by atoms with van der Waals surface area (Å²) < 4.78 is 22.4. The van der Waals surface area contributed by atoms with Crippen LogP contribution in [0.15, 0.2) is 28.7 Å². The minimum Gasteiger partial charge on any atom is -0.461 e. The van der Waals surface area contributed by atoms with E-state index in [1.54, 1.807) is 0 Å². The summed E-state index contributed by atoms with van der Waals surface area (Å²) in [5.74, 6) is 1.05. The average Bonchev–Trinajstić information content (AvgIpc) is 2.94. The molecule has 0 amide bonds. The van der Waals surface area contributed by atoms with Gasteiger partial charge in [-0.25, -0.2) is 0 Å². The number of ether oxygens (including phenoxy) is 2. The molecular formula is C17H23N2O3P. The zero-order valence-corrected chi connectivity index (χ0v) is 14.4. The predicted octanol–water partition coefficient (Wildman–Crippen LogP) is 2.34. The van der Waals surface area contributed by atoms with Crippen molar-refractivity contribution in [1.29, 1.82) is 0 Å². The highest BCUT2D eigenvalue weighted by Crippen LogP contribution is 2.47.